The van der Waals surface area contributed by atoms with Crippen molar-refractivity contribution >= 4 is 97.0 Å². The summed E-state index contributed by atoms with van der Waals surface area (Å²) in [5.74, 6) is -4.45. The molecule has 8 rings (SSSR count). The van der Waals surface area contributed by atoms with Crippen molar-refractivity contribution in [3.63, 3.8) is 0 Å². The number of phenols is 4. The summed E-state index contributed by atoms with van der Waals surface area (Å²) in [5.41, 5.74) is 23.2. The van der Waals surface area contributed by atoms with Crippen molar-refractivity contribution in [2.45, 2.75) is 182 Å². The topological polar surface area (TPSA) is 464 Å². The third-order valence-electron chi connectivity index (χ3n) is 18.0. The molecule has 0 aliphatic rings. The Bertz CT molecular complexity index is 4330. The average Bonchev–Trinajstić information content (AvgIpc) is 0.796. The van der Waals surface area contributed by atoms with Crippen molar-refractivity contribution in [3.05, 3.63) is 213 Å². The molecular formula is C88H104N20O12. The fourth-order valence-corrected chi connectivity index (χ4v) is 11.5. The predicted molar refractivity (Wildman–Crippen MR) is 464 cm³/mol. The van der Waals surface area contributed by atoms with Crippen LogP contribution in [0.1, 0.15) is 268 Å². The number of phenolic OH excluding ortho intramolecular Hbond substituents is 4. The first-order chi connectivity index (χ1) is 58.4. The number of unbranched alkanes of at least 4 members (excludes halogenated alkanes) is 16. The van der Waals surface area contributed by atoms with Crippen molar-refractivity contribution in [2.24, 2.45) is 40.8 Å². The molecule has 0 aliphatic heterocycles. The first kappa shape index (κ1) is 93.0. The number of carbonyl (C=O) groups is 8. The van der Waals surface area contributed by atoms with Crippen LogP contribution in [0.3, 0.4) is 0 Å². The quantitative estimate of drug-likeness (QED) is 0.00958. The lowest BCUT2D eigenvalue weighted by molar-refractivity contribution is -0.122. The fraction of sp³-hybridized carbons (Fsp3) is 0.318. The molecule has 0 atom stereocenters. The summed E-state index contributed by atoms with van der Waals surface area (Å²) in [6, 6.07) is 31.8. The van der Waals surface area contributed by atoms with Gasteiger partial charge in [-0.3, -0.25) is 58.3 Å². The highest BCUT2D eigenvalue weighted by Crippen LogP contribution is 2.35. The lowest BCUT2D eigenvalue weighted by Crippen LogP contribution is -2.19. The van der Waals surface area contributed by atoms with E-state index in [2.05, 4.69) is 132 Å². The molecule has 0 aliphatic carbocycles. The molecule has 0 saturated heterocycles. The number of benzene rings is 4. The van der Waals surface area contributed by atoms with E-state index in [-0.39, 0.29) is 114 Å². The van der Waals surface area contributed by atoms with Crippen molar-refractivity contribution in [2.75, 3.05) is 0 Å². The summed E-state index contributed by atoms with van der Waals surface area (Å²) in [5, 5.41) is 77.8. The summed E-state index contributed by atoms with van der Waals surface area (Å²) >= 11 is 0. The number of aromatic hydroxyl groups is 4. The molecule has 4 aromatic heterocycles. The highest BCUT2D eigenvalue weighted by molar-refractivity contribution is 6.02. The summed E-state index contributed by atoms with van der Waals surface area (Å²) in [7, 11) is 0. The van der Waals surface area contributed by atoms with E-state index >= 15 is 0 Å². The Hall–Kier alpha value is -14.2. The molecule has 4 aromatic carbocycles. The number of pyridine rings is 4. The first-order valence-electron chi connectivity index (χ1n) is 40.1. The predicted octanol–water partition coefficient (Wildman–Crippen LogP) is 13.4. The van der Waals surface area contributed by atoms with Gasteiger partial charge in [0, 0.05) is 95.0 Å². The molecule has 12 N–H and O–H groups in total. The number of rotatable bonds is 46. The van der Waals surface area contributed by atoms with Gasteiger partial charge in [-0.15, -0.1) is 0 Å². The van der Waals surface area contributed by atoms with E-state index in [9.17, 15) is 58.8 Å². The number of carbonyl (C=O) groups excluding carboxylic acids is 8. The van der Waals surface area contributed by atoms with Gasteiger partial charge in [0.05, 0.1) is 49.7 Å². The first-order valence-corrected chi connectivity index (χ1v) is 40.1. The van der Waals surface area contributed by atoms with Crippen molar-refractivity contribution < 1.29 is 58.8 Å². The average molecular weight is 1630 g/mol. The molecule has 628 valence electrons. The van der Waals surface area contributed by atoms with Crippen LogP contribution in [-0.2, 0) is 19.2 Å². The number of hydrogen-bond donors (Lipinski definition) is 12. The van der Waals surface area contributed by atoms with Gasteiger partial charge in [-0.1, -0.05) is 155 Å². The van der Waals surface area contributed by atoms with Crippen LogP contribution >= 0.6 is 0 Å². The largest absolute Gasteiger partial charge is 0.507 e. The molecule has 32 nitrogen and oxygen atoms in total. The van der Waals surface area contributed by atoms with Gasteiger partial charge in [0.2, 0.25) is 23.6 Å². The van der Waals surface area contributed by atoms with Crippen LogP contribution < -0.4 is 43.4 Å². The lowest BCUT2D eigenvalue weighted by atomic mass is 9.95. The van der Waals surface area contributed by atoms with E-state index in [1.165, 1.54) is 123 Å². The van der Waals surface area contributed by atoms with E-state index < -0.39 is 23.6 Å². The van der Waals surface area contributed by atoms with Crippen LogP contribution in [0, 0.1) is 0 Å². The van der Waals surface area contributed by atoms with Crippen LogP contribution in [0.2, 0.25) is 0 Å². The molecule has 32 heteroatoms. The molecule has 0 saturated carbocycles. The molecule has 0 fully saturated rings. The van der Waals surface area contributed by atoms with Gasteiger partial charge in [-0.25, -0.2) is 43.4 Å². The second kappa shape index (κ2) is 53.1. The second-order valence-corrected chi connectivity index (χ2v) is 27.5. The summed E-state index contributed by atoms with van der Waals surface area (Å²) < 4.78 is 0. The number of nitrogens with one attached hydrogen (secondary N) is 8. The zero-order chi connectivity index (χ0) is 85.9. The smallest absolute Gasteiger partial charge is 0.289 e. The number of aromatic nitrogens is 4. The number of nitrogens with zero attached hydrogens (tertiary/aromatic N) is 12. The maximum atomic E-state index is 12.6. The van der Waals surface area contributed by atoms with Crippen LogP contribution in [0.4, 0.5) is 0 Å². The van der Waals surface area contributed by atoms with Gasteiger partial charge in [-0.05, 0) is 145 Å². The molecule has 0 unspecified atom stereocenters. The van der Waals surface area contributed by atoms with Gasteiger partial charge < -0.3 is 20.4 Å². The van der Waals surface area contributed by atoms with Crippen molar-refractivity contribution in [1.29, 1.82) is 0 Å². The lowest BCUT2D eigenvalue weighted by Gasteiger charge is -2.12. The van der Waals surface area contributed by atoms with Crippen molar-refractivity contribution in [1.82, 2.24) is 63.3 Å². The van der Waals surface area contributed by atoms with E-state index in [1.807, 2.05) is 0 Å². The van der Waals surface area contributed by atoms with Crippen LogP contribution in [0.5, 0.6) is 23.0 Å². The fourth-order valence-electron chi connectivity index (χ4n) is 11.5. The van der Waals surface area contributed by atoms with Gasteiger partial charge in [-0.2, -0.15) is 40.8 Å². The highest BCUT2D eigenvalue weighted by atomic mass is 16.3. The molecule has 8 aromatic rings. The number of hydrogen-bond acceptors (Lipinski definition) is 24. The standard InChI is InChI=1S/C48H74N8O6.C40H30N12O6/c1-5-9-13-17-21-25-43(57)53-49-33-39-29-37(30-40(47(39)61)34-50-54-44(58)26-22-18-14-10-6-2)38-31-41(35-51-55-45(59)27-23-19-15-11-7-3)48(62)42(32-38)36-52-56-46(60)28-24-20-16-12-8-4;53-35-27(21-45-49-37(55)31-9-1-5-13-41-31)17-25(18-28(35)22-46-50-38(56)32-10-2-6-14-42-32)26-19-29(23-47-51-39(57)33-11-3-7-15-43-33)36(54)30(20-26)24-48-52-40(58)34-12-4-8-16-44-34/h29-36,61-62H,5-28H2,1-4H3,(H,53,57)(H,54,58)(H,55,59)(H,56,60);1-24,53-54H,(H,49,55)(H,50,56)(H,51,57)(H,52,58)/b49-33+,50-34+,51-35+,52-36+;45-21+,46-22+,47-23+,48-24+. The van der Waals surface area contributed by atoms with E-state index in [1.54, 1.807) is 72.8 Å². The number of amides is 8. The van der Waals surface area contributed by atoms with Crippen LogP contribution in [0.15, 0.2) is 187 Å². The van der Waals surface area contributed by atoms with Gasteiger partial charge in [0.25, 0.3) is 23.6 Å². The molecule has 0 radical (unpaired) electrons. The molecule has 0 bridgehead atoms. The van der Waals surface area contributed by atoms with Gasteiger partial charge in [0.1, 0.15) is 45.8 Å². The highest BCUT2D eigenvalue weighted by Gasteiger charge is 2.19. The molecule has 8 amide bonds. The van der Waals surface area contributed by atoms with E-state index in [0.29, 0.717) is 47.9 Å². The Morgan fingerprint density at radius 2 is 0.433 bits per heavy atom. The Kier molecular flexibility index (Phi) is 41.2. The Morgan fingerprint density at radius 3 is 0.600 bits per heavy atom. The Morgan fingerprint density at radius 1 is 0.258 bits per heavy atom. The normalized spacial score (nSPS) is 11.4. The maximum Gasteiger partial charge on any atom is 0.289 e. The minimum absolute atomic E-state index is 0.0973. The molecule has 0 spiro atoms. The summed E-state index contributed by atoms with van der Waals surface area (Å²) in [6.07, 6.45) is 37.2. The maximum absolute atomic E-state index is 12.6. The minimum atomic E-state index is -0.608. The zero-order valence-electron chi connectivity index (χ0n) is 67.9. The van der Waals surface area contributed by atoms with Crippen LogP contribution in [0.25, 0.3) is 22.3 Å². The van der Waals surface area contributed by atoms with E-state index in [4.69, 9.17) is 0 Å². The SMILES string of the molecule is CCCCCCCC(=O)N/N=C/c1cc(-c2cc(/C=N/NC(=O)CCCCCCC)c(O)c(/C=N/NC(=O)CCCCCCC)c2)cc(/C=N/NC(=O)CCCCCCC)c1O.O=C(N/N=C/c1cc(-c2cc(/C=N/NC(=O)c3ccccn3)c(O)c(/C=N/NC(=O)c3ccccn3)c2)cc(/C=N/NC(=O)c2ccccn2)c1O)c1ccccn1. The molecular weight excluding hydrogens is 1530 g/mol. The van der Waals surface area contributed by atoms with Gasteiger partial charge >= 0.3 is 0 Å². The van der Waals surface area contributed by atoms with E-state index in [0.717, 1.165) is 128 Å². The summed E-state index contributed by atoms with van der Waals surface area (Å²) in [4.78, 5) is 116. The molecule has 120 heavy (non-hydrogen) atoms. The second-order valence-electron chi connectivity index (χ2n) is 27.5. The Labute approximate surface area is 697 Å². The Balaban J connectivity index is 0.000000331. The summed E-state index contributed by atoms with van der Waals surface area (Å²) in [6.45, 7) is 8.54. The van der Waals surface area contributed by atoms with Crippen molar-refractivity contribution in [3.8, 4) is 45.3 Å². The number of hydrazone groups is 8. The third-order valence-corrected chi connectivity index (χ3v) is 18.0. The monoisotopic (exact) mass is 1630 g/mol. The molecule has 4 heterocycles. The van der Waals surface area contributed by atoms with Crippen LogP contribution in [-0.4, -0.2) is 137 Å². The zero-order valence-corrected chi connectivity index (χ0v) is 67.9. The minimum Gasteiger partial charge on any atom is -0.507 e. The third kappa shape index (κ3) is 33.2. The van der Waals surface area contributed by atoms with Gasteiger partial charge in [0.15, 0.2) is 0 Å².